The van der Waals surface area contributed by atoms with E-state index in [1.165, 1.54) is 22.4 Å². The van der Waals surface area contributed by atoms with E-state index in [0.717, 1.165) is 24.4 Å². The maximum absolute atomic E-state index is 5.96. The van der Waals surface area contributed by atoms with Gasteiger partial charge in [0.15, 0.2) is 0 Å². The highest BCUT2D eigenvalue weighted by Crippen LogP contribution is 2.33. The van der Waals surface area contributed by atoms with Crippen molar-refractivity contribution in [3.8, 4) is 0 Å². The highest BCUT2D eigenvalue weighted by Gasteiger charge is 2.21. The van der Waals surface area contributed by atoms with Crippen LogP contribution in [-0.2, 0) is 12.8 Å². The van der Waals surface area contributed by atoms with Crippen molar-refractivity contribution in [3.05, 3.63) is 64.2 Å². The predicted octanol–water partition coefficient (Wildman–Crippen LogP) is 5.29. The fourth-order valence-electron chi connectivity index (χ4n) is 3.21. The van der Waals surface area contributed by atoms with E-state index in [-0.39, 0.29) is 0 Å². The number of halogens is 1. The number of nitrogens with one attached hydrogen (secondary N) is 1. The first-order valence-corrected chi connectivity index (χ1v) is 8.11. The highest BCUT2D eigenvalue weighted by atomic mass is 35.5. The van der Waals surface area contributed by atoms with E-state index in [4.69, 9.17) is 11.6 Å². The summed E-state index contributed by atoms with van der Waals surface area (Å²) in [6, 6.07) is 15.0. The second-order valence-electron chi connectivity index (χ2n) is 6.32. The minimum Gasteiger partial charge on any atom is -0.384 e. The van der Waals surface area contributed by atoms with Crippen molar-refractivity contribution in [2.45, 2.75) is 32.6 Å². The Bertz CT molecular complexity index is 616. The van der Waals surface area contributed by atoms with Crippen molar-refractivity contribution >= 4 is 17.3 Å². The maximum atomic E-state index is 5.96. The van der Waals surface area contributed by atoms with Crippen LogP contribution in [0.5, 0.6) is 0 Å². The quantitative estimate of drug-likeness (QED) is 0.812. The van der Waals surface area contributed by atoms with Crippen LogP contribution < -0.4 is 5.32 Å². The van der Waals surface area contributed by atoms with Gasteiger partial charge in [0.25, 0.3) is 0 Å². The summed E-state index contributed by atoms with van der Waals surface area (Å²) in [4.78, 5) is 0. The van der Waals surface area contributed by atoms with Gasteiger partial charge in [-0.25, -0.2) is 0 Å². The summed E-state index contributed by atoms with van der Waals surface area (Å²) >= 11 is 5.96. The summed E-state index contributed by atoms with van der Waals surface area (Å²) in [5.74, 6) is 1.22. The molecule has 3 rings (SSSR count). The average molecular weight is 300 g/mol. The number of rotatable bonds is 3. The monoisotopic (exact) mass is 299 g/mol. The van der Waals surface area contributed by atoms with Crippen LogP contribution in [0.2, 0.25) is 5.02 Å². The van der Waals surface area contributed by atoms with Gasteiger partial charge in [-0.3, -0.25) is 0 Å². The molecule has 21 heavy (non-hydrogen) atoms. The highest BCUT2D eigenvalue weighted by molar-refractivity contribution is 6.30. The van der Waals surface area contributed by atoms with Crippen LogP contribution in [-0.4, -0.2) is 6.54 Å². The third kappa shape index (κ3) is 3.24. The van der Waals surface area contributed by atoms with Gasteiger partial charge in [-0.15, -0.1) is 0 Å². The molecular weight excluding hydrogens is 278 g/mol. The third-order valence-electron chi connectivity index (χ3n) is 4.32. The first-order valence-electron chi connectivity index (χ1n) is 7.73. The molecule has 2 aromatic carbocycles. The molecule has 1 aliphatic heterocycles. The molecule has 1 nitrogen and oxygen atoms in total. The summed E-state index contributed by atoms with van der Waals surface area (Å²) < 4.78 is 0. The molecule has 1 unspecified atom stereocenters. The summed E-state index contributed by atoms with van der Waals surface area (Å²) in [6.45, 7) is 5.58. The molecule has 0 radical (unpaired) electrons. The van der Waals surface area contributed by atoms with Crippen LogP contribution in [0.3, 0.4) is 0 Å². The van der Waals surface area contributed by atoms with Gasteiger partial charge in [-0.1, -0.05) is 55.8 Å². The summed E-state index contributed by atoms with van der Waals surface area (Å²) in [5.41, 5.74) is 5.65. The molecule has 1 aliphatic rings. The number of hydrogen-bond acceptors (Lipinski definition) is 1. The topological polar surface area (TPSA) is 12.0 Å². The molecule has 2 heteroatoms. The van der Waals surface area contributed by atoms with Crippen molar-refractivity contribution < 1.29 is 0 Å². The Morgan fingerprint density at radius 1 is 1.14 bits per heavy atom. The molecule has 0 saturated carbocycles. The Kier molecular flexibility index (Phi) is 4.21. The zero-order valence-corrected chi connectivity index (χ0v) is 13.5. The van der Waals surface area contributed by atoms with Crippen LogP contribution in [0.15, 0.2) is 42.5 Å². The molecule has 0 spiro atoms. The molecule has 0 saturated heterocycles. The van der Waals surface area contributed by atoms with Gasteiger partial charge in [-0.2, -0.15) is 0 Å². The Labute approximate surface area is 132 Å². The van der Waals surface area contributed by atoms with Crippen LogP contribution in [0.25, 0.3) is 0 Å². The predicted molar refractivity (Wildman–Crippen MR) is 91.4 cm³/mol. The lowest BCUT2D eigenvalue weighted by Gasteiger charge is -2.29. The number of benzene rings is 2. The molecule has 0 aliphatic carbocycles. The van der Waals surface area contributed by atoms with Crippen LogP contribution in [0.1, 0.15) is 36.5 Å². The Morgan fingerprint density at radius 2 is 1.90 bits per heavy atom. The molecule has 110 valence electrons. The zero-order chi connectivity index (χ0) is 14.8. The molecule has 0 aromatic heterocycles. The van der Waals surface area contributed by atoms with Gasteiger partial charge in [0.1, 0.15) is 0 Å². The van der Waals surface area contributed by atoms with Crippen molar-refractivity contribution in [3.63, 3.8) is 0 Å². The average Bonchev–Trinajstić information content (AvgIpc) is 2.48. The Hall–Kier alpha value is -1.47. The lowest BCUT2D eigenvalue weighted by atomic mass is 9.86. The lowest BCUT2D eigenvalue weighted by molar-refractivity contribution is 0.534. The minimum absolute atomic E-state index is 0.570. The number of hydrogen-bond donors (Lipinski definition) is 1. The number of para-hydroxylation sites is 1. The molecule has 1 N–H and O–H groups in total. The zero-order valence-electron chi connectivity index (χ0n) is 12.7. The van der Waals surface area contributed by atoms with Crippen molar-refractivity contribution in [2.75, 3.05) is 11.9 Å². The van der Waals surface area contributed by atoms with Crippen LogP contribution in [0.4, 0.5) is 5.69 Å². The molecule has 0 amide bonds. The molecule has 0 bridgehead atoms. The van der Waals surface area contributed by atoms with Crippen molar-refractivity contribution in [2.24, 2.45) is 5.92 Å². The van der Waals surface area contributed by atoms with Gasteiger partial charge in [0.05, 0.1) is 0 Å². The molecular formula is C19H22ClN. The third-order valence-corrected chi connectivity index (χ3v) is 4.57. The fraction of sp³-hybridized carbons (Fsp3) is 0.368. The van der Waals surface area contributed by atoms with Crippen molar-refractivity contribution in [1.29, 1.82) is 0 Å². The summed E-state index contributed by atoms with van der Waals surface area (Å²) in [7, 11) is 0. The fourth-order valence-corrected chi connectivity index (χ4v) is 3.34. The van der Waals surface area contributed by atoms with Gasteiger partial charge in [-0.05, 0) is 53.5 Å². The minimum atomic E-state index is 0.570. The lowest BCUT2D eigenvalue weighted by Crippen LogP contribution is -2.25. The molecule has 1 atom stereocenters. The second-order valence-corrected chi connectivity index (χ2v) is 6.75. The van der Waals surface area contributed by atoms with Gasteiger partial charge < -0.3 is 5.32 Å². The standard InChI is InChI=1S/C19H22ClN/c1-13(2)18-5-3-4-16-11-15(12-21-19(16)18)10-14-6-8-17(20)9-7-14/h3-9,13,15,21H,10-12H2,1-2H3. The van der Waals surface area contributed by atoms with E-state index in [2.05, 4.69) is 49.5 Å². The molecule has 0 fully saturated rings. The van der Waals surface area contributed by atoms with Gasteiger partial charge in [0.2, 0.25) is 0 Å². The molecule has 2 aromatic rings. The van der Waals surface area contributed by atoms with Gasteiger partial charge >= 0.3 is 0 Å². The van der Waals surface area contributed by atoms with Gasteiger partial charge in [0, 0.05) is 17.3 Å². The van der Waals surface area contributed by atoms with E-state index in [1.807, 2.05) is 12.1 Å². The smallest absolute Gasteiger partial charge is 0.0408 e. The first kappa shape index (κ1) is 14.5. The number of fused-ring (bicyclic) bond motifs is 1. The van der Waals surface area contributed by atoms with E-state index in [0.29, 0.717) is 11.8 Å². The van der Waals surface area contributed by atoms with E-state index in [9.17, 15) is 0 Å². The molecule has 1 heterocycles. The number of anilines is 1. The summed E-state index contributed by atoms with van der Waals surface area (Å²) in [5, 5.41) is 4.48. The van der Waals surface area contributed by atoms with E-state index in [1.54, 1.807) is 0 Å². The normalized spacial score (nSPS) is 17.4. The SMILES string of the molecule is CC(C)c1cccc2c1NCC(Cc1ccc(Cl)cc1)C2. The van der Waals surface area contributed by atoms with E-state index < -0.39 is 0 Å². The van der Waals surface area contributed by atoms with Crippen LogP contribution in [0, 0.1) is 5.92 Å². The Balaban J connectivity index is 1.76. The largest absolute Gasteiger partial charge is 0.384 e. The van der Waals surface area contributed by atoms with Crippen molar-refractivity contribution in [1.82, 2.24) is 0 Å². The first-order chi connectivity index (χ1) is 10.1. The summed E-state index contributed by atoms with van der Waals surface area (Å²) in [6.07, 6.45) is 2.26. The Morgan fingerprint density at radius 3 is 2.62 bits per heavy atom. The van der Waals surface area contributed by atoms with E-state index >= 15 is 0 Å². The van der Waals surface area contributed by atoms with Crippen LogP contribution >= 0.6 is 11.6 Å². The maximum Gasteiger partial charge on any atom is 0.0408 e. The second kappa shape index (κ2) is 6.11.